The van der Waals surface area contributed by atoms with Crippen LogP contribution >= 0.6 is 0 Å². The van der Waals surface area contributed by atoms with Crippen molar-refractivity contribution in [1.82, 2.24) is 6.15 Å². The van der Waals surface area contributed by atoms with E-state index in [1.807, 2.05) is 0 Å². The molecule has 0 aliphatic heterocycles. The van der Waals surface area contributed by atoms with E-state index in [9.17, 15) is 17.8 Å². The molecule has 0 bridgehead atoms. The molecule has 0 amide bonds. The zero-order chi connectivity index (χ0) is 13.9. The molecule has 0 aliphatic carbocycles. The van der Waals surface area contributed by atoms with Crippen molar-refractivity contribution in [2.24, 2.45) is 0 Å². The van der Waals surface area contributed by atoms with Crippen LogP contribution in [0.5, 0.6) is 0 Å². The van der Waals surface area contributed by atoms with Crippen LogP contribution in [0.1, 0.15) is 71.1 Å². The maximum atomic E-state index is 10.9. The summed E-state index contributed by atoms with van der Waals surface area (Å²) in [7, 11) is -4.88. The van der Waals surface area contributed by atoms with Gasteiger partial charge < -0.3 is 14.9 Å². The van der Waals surface area contributed by atoms with E-state index in [4.69, 9.17) is 0 Å². The van der Waals surface area contributed by atoms with Crippen LogP contribution in [0.3, 0.4) is 0 Å². The van der Waals surface area contributed by atoms with Gasteiger partial charge in [0.15, 0.2) is 0 Å². The van der Waals surface area contributed by atoms with Gasteiger partial charge in [-0.05, 0) is 6.42 Å². The zero-order valence-corrected chi connectivity index (χ0v) is 12.8. The average molecular weight is 297 g/mol. The fourth-order valence-electron chi connectivity index (χ4n) is 1.74. The number of carbonyl (C=O) groups is 1. The first-order valence-corrected chi connectivity index (χ1v) is 7.97. The van der Waals surface area contributed by atoms with Crippen LogP contribution in [-0.4, -0.2) is 18.9 Å². The Morgan fingerprint density at radius 3 is 1.79 bits per heavy atom. The molecule has 7 heteroatoms. The van der Waals surface area contributed by atoms with Gasteiger partial charge in [-0.25, -0.2) is 8.42 Å². The lowest BCUT2D eigenvalue weighted by molar-refractivity contribution is -0.134. The Labute approximate surface area is 116 Å². The molecule has 0 heterocycles. The molecule has 0 saturated carbocycles. The van der Waals surface area contributed by atoms with Crippen LogP contribution in [-0.2, 0) is 19.4 Å². The summed E-state index contributed by atoms with van der Waals surface area (Å²) in [5.41, 5.74) is 0. The maximum absolute atomic E-state index is 10.9. The van der Waals surface area contributed by atoms with E-state index in [0.29, 0.717) is 6.42 Å². The van der Waals surface area contributed by atoms with E-state index in [2.05, 4.69) is 11.1 Å². The highest BCUT2D eigenvalue weighted by Gasteiger charge is 2.06. The normalized spacial score (nSPS) is 10.8. The highest BCUT2D eigenvalue weighted by molar-refractivity contribution is 7.81. The number of quaternary nitrogens is 1. The molecule has 19 heavy (non-hydrogen) atoms. The third-order valence-corrected chi connectivity index (χ3v) is 3.07. The Morgan fingerprint density at radius 1 is 0.947 bits per heavy atom. The van der Waals surface area contributed by atoms with Crippen molar-refractivity contribution in [3.05, 3.63) is 0 Å². The summed E-state index contributed by atoms with van der Waals surface area (Å²) in [6.45, 7) is 2.18. The number of hydrogen-bond donors (Lipinski definition) is 1. The number of hydrogen-bond acceptors (Lipinski definition) is 5. The molecular formula is C12H27NO5S. The summed E-state index contributed by atoms with van der Waals surface area (Å²) in [6.07, 6.45) is 9.87. The topological polar surface area (TPSA) is 120 Å². The minimum atomic E-state index is -4.88. The highest BCUT2D eigenvalue weighted by Crippen LogP contribution is 2.10. The third kappa shape index (κ3) is 17.3. The predicted molar refractivity (Wildman–Crippen MR) is 73.6 cm³/mol. The van der Waals surface area contributed by atoms with Crippen molar-refractivity contribution in [2.45, 2.75) is 71.1 Å². The fraction of sp³-hybridized carbons (Fsp3) is 0.917. The molecule has 0 fully saturated rings. The van der Waals surface area contributed by atoms with E-state index < -0.39 is 16.4 Å². The molecule has 0 unspecified atom stereocenters. The molecule has 0 saturated heterocycles. The van der Waals surface area contributed by atoms with E-state index in [1.54, 1.807) is 0 Å². The second-order valence-corrected chi connectivity index (χ2v) is 5.43. The van der Waals surface area contributed by atoms with Crippen molar-refractivity contribution < 1.29 is 21.9 Å². The van der Waals surface area contributed by atoms with Crippen LogP contribution in [0.15, 0.2) is 0 Å². The summed E-state index contributed by atoms with van der Waals surface area (Å²) in [6, 6.07) is 0. The number of unbranched alkanes of at least 4 members (excludes halogenated alkanes) is 8. The van der Waals surface area contributed by atoms with E-state index >= 15 is 0 Å². The molecule has 0 spiro atoms. The summed E-state index contributed by atoms with van der Waals surface area (Å²) >= 11 is 0. The second-order valence-electron chi connectivity index (χ2n) is 4.44. The largest absolute Gasteiger partial charge is 0.716 e. The van der Waals surface area contributed by atoms with Gasteiger partial charge in [-0.3, -0.25) is 4.79 Å². The first-order chi connectivity index (χ1) is 8.45. The Hall–Kier alpha value is -0.660. The predicted octanol–water partition coefficient (Wildman–Crippen LogP) is 3.29. The number of rotatable bonds is 11. The molecule has 0 aromatic carbocycles. The second kappa shape index (κ2) is 12.4. The maximum Gasteiger partial charge on any atom is 0.321 e. The van der Waals surface area contributed by atoms with Crippen LogP contribution in [0.25, 0.3) is 0 Å². The molecule has 0 aromatic rings. The quantitative estimate of drug-likeness (QED) is 0.356. The van der Waals surface area contributed by atoms with Gasteiger partial charge in [0.1, 0.15) is 0 Å². The van der Waals surface area contributed by atoms with Crippen molar-refractivity contribution >= 4 is 16.4 Å². The van der Waals surface area contributed by atoms with Crippen LogP contribution in [0, 0.1) is 0 Å². The minimum Gasteiger partial charge on any atom is -0.716 e. The van der Waals surface area contributed by atoms with Crippen molar-refractivity contribution in [2.75, 3.05) is 0 Å². The fourth-order valence-corrected chi connectivity index (χ4v) is 2.05. The number of carbonyl (C=O) groups excluding carboxylic acids is 1. The van der Waals surface area contributed by atoms with Gasteiger partial charge in [0.2, 0.25) is 0 Å². The summed E-state index contributed by atoms with van der Waals surface area (Å²) in [5.74, 6) is -0.951. The molecule has 0 aliphatic rings. The summed E-state index contributed by atoms with van der Waals surface area (Å²) in [5, 5.41) is 0. The van der Waals surface area contributed by atoms with Gasteiger partial charge in [-0.2, -0.15) is 0 Å². The minimum absolute atomic E-state index is 0. The molecule has 0 radical (unpaired) electrons. The molecule has 0 rings (SSSR count). The van der Waals surface area contributed by atoms with Gasteiger partial charge >= 0.3 is 5.97 Å². The lowest BCUT2D eigenvalue weighted by Gasteiger charge is -2.06. The standard InChI is InChI=1S/C12H24O5S.H3N/c1-2-3-4-5-6-7-8-9-10-11-12(13)17-18(14,15)16;/h2-11H2,1H3,(H,14,15,16);1H3. The van der Waals surface area contributed by atoms with Gasteiger partial charge in [0, 0.05) is 6.42 Å². The smallest absolute Gasteiger partial charge is 0.321 e. The Bertz CT molecular complexity index is 316. The Morgan fingerprint density at radius 2 is 1.37 bits per heavy atom. The van der Waals surface area contributed by atoms with E-state index in [-0.39, 0.29) is 12.6 Å². The lowest BCUT2D eigenvalue weighted by Crippen LogP contribution is -2.11. The van der Waals surface area contributed by atoms with Gasteiger partial charge in [-0.1, -0.05) is 58.3 Å². The molecule has 116 valence electrons. The summed E-state index contributed by atoms with van der Waals surface area (Å²) in [4.78, 5) is 10.9. The zero-order valence-electron chi connectivity index (χ0n) is 12.0. The third-order valence-electron chi connectivity index (χ3n) is 2.68. The van der Waals surface area contributed by atoms with Gasteiger partial charge in [-0.15, -0.1) is 0 Å². The van der Waals surface area contributed by atoms with Gasteiger partial charge in [0.25, 0.3) is 10.4 Å². The van der Waals surface area contributed by atoms with Crippen molar-refractivity contribution in [1.29, 1.82) is 0 Å². The van der Waals surface area contributed by atoms with E-state index in [1.165, 1.54) is 32.1 Å². The highest BCUT2D eigenvalue weighted by atomic mass is 32.3. The molecule has 0 aromatic heterocycles. The van der Waals surface area contributed by atoms with Crippen molar-refractivity contribution in [3.63, 3.8) is 0 Å². The lowest BCUT2D eigenvalue weighted by atomic mass is 10.1. The average Bonchev–Trinajstić information content (AvgIpc) is 2.24. The molecule has 0 atom stereocenters. The van der Waals surface area contributed by atoms with E-state index in [0.717, 1.165) is 19.3 Å². The first kappa shape index (κ1) is 20.7. The van der Waals surface area contributed by atoms with Crippen LogP contribution in [0.4, 0.5) is 0 Å². The van der Waals surface area contributed by atoms with Crippen LogP contribution in [0.2, 0.25) is 0 Å². The summed E-state index contributed by atoms with van der Waals surface area (Å²) < 4.78 is 34.0. The van der Waals surface area contributed by atoms with Crippen LogP contribution < -0.4 is 6.15 Å². The Kier molecular flexibility index (Phi) is 13.5. The monoisotopic (exact) mass is 297 g/mol. The van der Waals surface area contributed by atoms with Gasteiger partial charge in [0.05, 0.1) is 0 Å². The molecular weight excluding hydrogens is 270 g/mol. The first-order valence-electron chi connectivity index (χ1n) is 6.64. The molecule has 4 N–H and O–H groups in total. The SMILES string of the molecule is CCCCCCCCCCCC(=O)OS(=O)(=O)[O-].[NH4+]. The Balaban J connectivity index is 0. The molecule has 6 nitrogen and oxygen atoms in total. The van der Waals surface area contributed by atoms with Crippen molar-refractivity contribution in [3.8, 4) is 0 Å².